The maximum atomic E-state index is 12.9. The van der Waals surface area contributed by atoms with Gasteiger partial charge in [0.25, 0.3) is 5.91 Å². The van der Waals surface area contributed by atoms with Crippen LogP contribution < -0.4 is 5.32 Å². The summed E-state index contributed by atoms with van der Waals surface area (Å²) in [6.45, 7) is 2.29. The summed E-state index contributed by atoms with van der Waals surface area (Å²) in [5.41, 5.74) is 2.46. The van der Waals surface area contributed by atoms with Crippen LogP contribution in [0.25, 0.3) is 0 Å². The Bertz CT molecular complexity index is 549. The fourth-order valence-corrected chi connectivity index (χ4v) is 1.64. The Kier molecular flexibility index (Phi) is 3.72. The predicted octanol–water partition coefficient (Wildman–Crippen LogP) is 3.06. The van der Waals surface area contributed by atoms with Crippen molar-refractivity contribution in [1.29, 1.82) is 0 Å². The molecule has 0 radical (unpaired) electrons. The first-order valence-corrected chi connectivity index (χ1v) is 5.74. The van der Waals surface area contributed by atoms with Crippen molar-refractivity contribution in [2.75, 3.05) is 0 Å². The Morgan fingerprint density at radius 2 is 1.89 bits per heavy atom. The molecule has 3 heteroatoms. The molecule has 0 fully saturated rings. The molecular weight excluding hydrogens is 229 g/mol. The van der Waals surface area contributed by atoms with E-state index < -0.39 is 0 Å². The molecule has 0 saturated heterocycles. The monoisotopic (exact) mass is 243 g/mol. The van der Waals surface area contributed by atoms with Crippen LogP contribution in [0, 0.1) is 12.7 Å². The van der Waals surface area contributed by atoms with Crippen molar-refractivity contribution in [3.8, 4) is 0 Å². The first kappa shape index (κ1) is 12.3. The lowest BCUT2D eigenvalue weighted by Gasteiger charge is -2.05. The molecule has 0 heterocycles. The summed E-state index contributed by atoms with van der Waals surface area (Å²) in [6.07, 6.45) is 0. The molecule has 0 aliphatic rings. The number of nitrogens with one attached hydrogen (secondary N) is 1. The molecule has 2 aromatic rings. The van der Waals surface area contributed by atoms with E-state index in [1.807, 2.05) is 19.1 Å². The lowest BCUT2D eigenvalue weighted by molar-refractivity contribution is 0.0951. The molecule has 0 atom stereocenters. The van der Waals surface area contributed by atoms with Crippen LogP contribution in [0.15, 0.2) is 48.5 Å². The van der Waals surface area contributed by atoms with Crippen LogP contribution in [0.4, 0.5) is 4.39 Å². The van der Waals surface area contributed by atoms with Gasteiger partial charge < -0.3 is 5.32 Å². The number of aryl methyl sites for hydroxylation is 1. The van der Waals surface area contributed by atoms with E-state index in [1.165, 1.54) is 12.1 Å². The highest BCUT2D eigenvalue weighted by Crippen LogP contribution is 2.05. The first-order valence-electron chi connectivity index (χ1n) is 5.74. The Hall–Kier alpha value is -2.16. The Morgan fingerprint density at radius 1 is 1.17 bits per heavy atom. The molecule has 1 amide bonds. The van der Waals surface area contributed by atoms with Crippen molar-refractivity contribution in [2.45, 2.75) is 13.5 Å². The van der Waals surface area contributed by atoms with Crippen molar-refractivity contribution in [1.82, 2.24) is 5.32 Å². The van der Waals surface area contributed by atoms with E-state index in [9.17, 15) is 9.18 Å². The van der Waals surface area contributed by atoms with Crippen LogP contribution in [0.1, 0.15) is 21.5 Å². The van der Waals surface area contributed by atoms with Gasteiger partial charge in [-0.2, -0.15) is 0 Å². The van der Waals surface area contributed by atoms with Gasteiger partial charge in [0.2, 0.25) is 0 Å². The average molecular weight is 243 g/mol. The minimum Gasteiger partial charge on any atom is -0.348 e. The summed E-state index contributed by atoms with van der Waals surface area (Å²) in [7, 11) is 0. The topological polar surface area (TPSA) is 29.1 Å². The van der Waals surface area contributed by atoms with E-state index in [0.717, 1.165) is 11.1 Å². The van der Waals surface area contributed by atoms with Gasteiger partial charge in [-0.3, -0.25) is 4.79 Å². The fraction of sp³-hybridized carbons (Fsp3) is 0.133. The molecule has 2 aromatic carbocycles. The number of rotatable bonds is 3. The van der Waals surface area contributed by atoms with Crippen LogP contribution in [0.2, 0.25) is 0 Å². The molecule has 2 rings (SSSR count). The standard InChI is InChI=1S/C15H14FNO/c1-11-5-7-13(8-6-11)15(18)17-10-12-3-2-4-14(16)9-12/h2-9H,10H2,1H3,(H,17,18). The van der Waals surface area contributed by atoms with Crippen LogP contribution in [-0.2, 0) is 6.54 Å². The zero-order chi connectivity index (χ0) is 13.0. The Morgan fingerprint density at radius 3 is 2.56 bits per heavy atom. The largest absolute Gasteiger partial charge is 0.348 e. The number of carbonyl (C=O) groups is 1. The molecule has 0 saturated carbocycles. The average Bonchev–Trinajstić information content (AvgIpc) is 2.37. The molecule has 0 unspecified atom stereocenters. The molecule has 0 aromatic heterocycles. The van der Waals surface area contributed by atoms with Crippen LogP contribution >= 0.6 is 0 Å². The summed E-state index contributed by atoms with van der Waals surface area (Å²) in [4.78, 5) is 11.8. The molecular formula is C15H14FNO. The van der Waals surface area contributed by atoms with E-state index in [0.29, 0.717) is 12.1 Å². The third kappa shape index (κ3) is 3.17. The molecule has 0 bridgehead atoms. The van der Waals surface area contributed by atoms with Gasteiger partial charge in [0.05, 0.1) is 0 Å². The van der Waals surface area contributed by atoms with Crippen molar-refractivity contribution < 1.29 is 9.18 Å². The summed E-state index contributed by atoms with van der Waals surface area (Å²) in [6, 6.07) is 13.5. The number of hydrogen-bond donors (Lipinski definition) is 1. The van der Waals surface area contributed by atoms with E-state index in [4.69, 9.17) is 0 Å². The quantitative estimate of drug-likeness (QED) is 0.882. The number of carbonyl (C=O) groups excluding carboxylic acids is 1. The van der Waals surface area contributed by atoms with Gasteiger partial charge in [0.1, 0.15) is 5.82 Å². The van der Waals surface area contributed by atoms with E-state index in [-0.39, 0.29) is 11.7 Å². The molecule has 2 nitrogen and oxygen atoms in total. The maximum Gasteiger partial charge on any atom is 0.251 e. The maximum absolute atomic E-state index is 12.9. The highest BCUT2D eigenvalue weighted by molar-refractivity contribution is 5.94. The number of amides is 1. The van der Waals surface area contributed by atoms with Gasteiger partial charge >= 0.3 is 0 Å². The third-order valence-corrected chi connectivity index (χ3v) is 2.66. The number of hydrogen-bond acceptors (Lipinski definition) is 1. The Balaban J connectivity index is 1.98. The second kappa shape index (κ2) is 5.45. The van der Waals surface area contributed by atoms with Crippen LogP contribution in [0.5, 0.6) is 0 Å². The fourth-order valence-electron chi connectivity index (χ4n) is 1.64. The van der Waals surface area contributed by atoms with E-state index >= 15 is 0 Å². The smallest absolute Gasteiger partial charge is 0.251 e. The molecule has 0 aliphatic heterocycles. The van der Waals surface area contributed by atoms with E-state index in [1.54, 1.807) is 24.3 Å². The van der Waals surface area contributed by atoms with E-state index in [2.05, 4.69) is 5.32 Å². The SMILES string of the molecule is Cc1ccc(C(=O)NCc2cccc(F)c2)cc1. The zero-order valence-electron chi connectivity index (χ0n) is 10.1. The lowest BCUT2D eigenvalue weighted by atomic mass is 10.1. The van der Waals surface area contributed by atoms with Crippen LogP contribution in [0.3, 0.4) is 0 Å². The summed E-state index contributed by atoms with van der Waals surface area (Å²) >= 11 is 0. The Labute approximate surface area is 105 Å². The highest BCUT2D eigenvalue weighted by atomic mass is 19.1. The minimum atomic E-state index is -0.294. The summed E-state index contributed by atoms with van der Waals surface area (Å²) in [5.74, 6) is -0.448. The van der Waals surface area contributed by atoms with Crippen molar-refractivity contribution >= 4 is 5.91 Å². The lowest BCUT2D eigenvalue weighted by Crippen LogP contribution is -2.22. The number of benzene rings is 2. The summed E-state index contributed by atoms with van der Waals surface area (Å²) in [5, 5.41) is 2.76. The van der Waals surface area contributed by atoms with Gasteiger partial charge in [-0.1, -0.05) is 29.8 Å². The van der Waals surface area contributed by atoms with Gasteiger partial charge in [-0.25, -0.2) is 4.39 Å². The van der Waals surface area contributed by atoms with Gasteiger partial charge in [-0.05, 0) is 36.8 Å². The molecule has 0 spiro atoms. The molecule has 18 heavy (non-hydrogen) atoms. The van der Waals surface area contributed by atoms with Crippen LogP contribution in [-0.4, -0.2) is 5.91 Å². The van der Waals surface area contributed by atoms with Crippen molar-refractivity contribution in [3.05, 3.63) is 71.0 Å². The minimum absolute atomic E-state index is 0.153. The van der Waals surface area contributed by atoms with Gasteiger partial charge in [-0.15, -0.1) is 0 Å². The third-order valence-electron chi connectivity index (χ3n) is 2.66. The summed E-state index contributed by atoms with van der Waals surface area (Å²) < 4.78 is 12.9. The predicted molar refractivity (Wildman–Crippen MR) is 68.7 cm³/mol. The normalized spacial score (nSPS) is 10.1. The second-order valence-corrected chi connectivity index (χ2v) is 4.18. The van der Waals surface area contributed by atoms with Gasteiger partial charge in [0, 0.05) is 12.1 Å². The highest BCUT2D eigenvalue weighted by Gasteiger charge is 2.04. The number of halogens is 1. The zero-order valence-corrected chi connectivity index (χ0v) is 10.1. The van der Waals surface area contributed by atoms with Crippen molar-refractivity contribution in [2.24, 2.45) is 0 Å². The van der Waals surface area contributed by atoms with Crippen molar-refractivity contribution in [3.63, 3.8) is 0 Å². The first-order chi connectivity index (χ1) is 8.65. The molecule has 1 N–H and O–H groups in total. The van der Waals surface area contributed by atoms with Gasteiger partial charge in [0.15, 0.2) is 0 Å². The molecule has 92 valence electrons. The molecule has 0 aliphatic carbocycles. The second-order valence-electron chi connectivity index (χ2n) is 4.18.